The number of hydrogen-bond acceptors (Lipinski definition) is 3. The average molecular weight is 377 g/mol. The molecule has 0 saturated carbocycles. The predicted molar refractivity (Wildman–Crippen MR) is 108 cm³/mol. The highest BCUT2D eigenvalue weighted by Gasteiger charge is 2.49. The topological polar surface area (TPSA) is 48.6 Å². The molecule has 5 nitrogen and oxygen atoms in total. The van der Waals surface area contributed by atoms with Crippen LogP contribution < -0.4 is 4.74 Å². The van der Waals surface area contributed by atoms with Crippen LogP contribution in [0.1, 0.15) is 22.9 Å². The molecule has 1 saturated heterocycles. The highest BCUT2D eigenvalue weighted by atomic mass is 32.1. The van der Waals surface area contributed by atoms with Crippen LogP contribution in [0.5, 0.6) is 5.75 Å². The molecule has 0 aliphatic carbocycles. The van der Waals surface area contributed by atoms with Crippen LogP contribution in [0.15, 0.2) is 48.5 Å². The first-order chi connectivity index (χ1) is 13.1. The number of carbonyl (C=O) groups excluding carboxylic acids is 1. The molecule has 3 aromatic rings. The van der Waals surface area contributed by atoms with Gasteiger partial charge in [0, 0.05) is 35.6 Å². The first-order valence-electron chi connectivity index (χ1n) is 8.94. The molecule has 1 aromatic heterocycles. The largest absolute Gasteiger partial charge is 0.496 e. The number of fused-ring (bicyclic) bond motifs is 4. The second-order valence-electron chi connectivity index (χ2n) is 7.01. The van der Waals surface area contributed by atoms with E-state index in [0.717, 1.165) is 22.5 Å². The minimum atomic E-state index is -0.288. The maximum absolute atomic E-state index is 12.9. The number of likely N-dealkylation sites (N-methyl/N-ethyl adjacent to an activating group) is 1. The van der Waals surface area contributed by atoms with Crippen molar-refractivity contribution in [1.82, 2.24) is 14.8 Å². The molecule has 2 aliphatic heterocycles. The van der Waals surface area contributed by atoms with Gasteiger partial charge in [0.15, 0.2) is 5.11 Å². The molecule has 2 aliphatic rings. The van der Waals surface area contributed by atoms with Gasteiger partial charge in [-0.3, -0.25) is 9.69 Å². The van der Waals surface area contributed by atoms with Crippen LogP contribution in [0.25, 0.3) is 10.9 Å². The summed E-state index contributed by atoms with van der Waals surface area (Å²) in [5, 5.41) is 1.73. The summed E-state index contributed by atoms with van der Waals surface area (Å²) >= 11 is 5.66. The van der Waals surface area contributed by atoms with Crippen LogP contribution in [0, 0.1) is 0 Å². The van der Waals surface area contributed by atoms with Crippen LogP contribution in [-0.2, 0) is 11.2 Å². The maximum Gasteiger partial charge on any atom is 0.251 e. The average Bonchev–Trinajstić information content (AvgIpc) is 3.18. The molecule has 0 radical (unpaired) electrons. The number of aromatic amines is 1. The van der Waals surface area contributed by atoms with E-state index in [-0.39, 0.29) is 18.0 Å². The fourth-order valence-electron chi connectivity index (χ4n) is 4.42. The first kappa shape index (κ1) is 16.3. The summed E-state index contributed by atoms with van der Waals surface area (Å²) in [6.07, 6.45) is 0.647. The van der Waals surface area contributed by atoms with Crippen molar-refractivity contribution in [3.8, 4) is 5.75 Å². The van der Waals surface area contributed by atoms with Gasteiger partial charge in [-0.15, -0.1) is 0 Å². The van der Waals surface area contributed by atoms with Crippen molar-refractivity contribution in [2.75, 3.05) is 14.2 Å². The molecule has 0 spiro atoms. The highest BCUT2D eigenvalue weighted by Crippen LogP contribution is 2.45. The number of carbonyl (C=O) groups is 1. The molecule has 1 amide bonds. The Morgan fingerprint density at radius 3 is 2.70 bits per heavy atom. The minimum absolute atomic E-state index is 0.0517. The van der Waals surface area contributed by atoms with E-state index >= 15 is 0 Å². The van der Waals surface area contributed by atoms with Gasteiger partial charge in [0.25, 0.3) is 5.91 Å². The number of nitrogens with zero attached hydrogens (tertiary/aromatic N) is 2. The zero-order chi connectivity index (χ0) is 18.7. The number of methoxy groups -OCH3 is 1. The molecule has 27 heavy (non-hydrogen) atoms. The molecule has 0 bridgehead atoms. The van der Waals surface area contributed by atoms with Crippen molar-refractivity contribution in [2.24, 2.45) is 0 Å². The molecule has 1 fully saturated rings. The van der Waals surface area contributed by atoms with Gasteiger partial charge in [-0.25, -0.2) is 0 Å². The summed E-state index contributed by atoms with van der Waals surface area (Å²) in [7, 11) is 3.43. The number of benzene rings is 2. The van der Waals surface area contributed by atoms with Crippen LogP contribution in [0.3, 0.4) is 0 Å². The monoisotopic (exact) mass is 377 g/mol. The Bertz CT molecular complexity index is 1090. The molecule has 2 unspecified atom stereocenters. The Hall–Kier alpha value is -2.86. The number of nitrogens with one attached hydrogen (secondary N) is 1. The fourth-order valence-corrected chi connectivity index (χ4v) is 4.75. The molecular weight excluding hydrogens is 358 g/mol. The van der Waals surface area contributed by atoms with Gasteiger partial charge in [-0.1, -0.05) is 36.4 Å². The number of aromatic nitrogens is 1. The molecule has 2 aromatic carbocycles. The van der Waals surface area contributed by atoms with Crippen molar-refractivity contribution in [1.29, 1.82) is 0 Å². The van der Waals surface area contributed by atoms with Gasteiger partial charge in [0.2, 0.25) is 0 Å². The van der Waals surface area contributed by atoms with Crippen molar-refractivity contribution in [2.45, 2.75) is 18.5 Å². The van der Waals surface area contributed by atoms with Crippen LogP contribution >= 0.6 is 12.2 Å². The quantitative estimate of drug-likeness (QED) is 0.697. The predicted octanol–water partition coefficient (Wildman–Crippen LogP) is 3.25. The summed E-state index contributed by atoms with van der Waals surface area (Å²) in [5.74, 6) is 0.841. The van der Waals surface area contributed by atoms with Crippen molar-refractivity contribution < 1.29 is 9.53 Å². The fraction of sp³-hybridized carbons (Fsp3) is 0.238. The normalized spacial score (nSPS) is 21.6. The Morgan fingerprint density at radius 1 is 1.15 bits per heavy atom. The van der Waals surface area contributed by atoms with E-state index in [1.54, 1.807) is 19.1 Å². The Morgan fingerprint density at radius 2 is 1.89 bits per heavy atom. The van der Waals surface area contributed by atoms with Gasteiger partial charge >= 0.3 is 0 Å². The number of hydrogen-bond donors (Lipinski definition) is 1. The molecule has 3 heterocycles. The van der Waals surface area contributed by atoms with E-state index in [0.29, 0.717) is 11.5 Å². The summed E-state index contributed by atoms with van der Waals surface area (Å²) < 4.78 is 5.64. The van der Waals surface area contributed by atoms with Crippen LogP contribution in [-0.4, -0.2) is 46.0 Å². The molecule has 1 N–H and O–H groups in total. The lowest BCUT2D eigenvalue weighted by Crippen LogP contribution is -2.44. The smallest absolute Gasteiger partial charge is 0.251 e. The van der Waals surface area contributed by atoms with E-state index in [9.17, 15) is 4.79 Å². The van der Waals surface area contributed by atoms with Gasteiger partial charge in [0.05, 0.1) is 7.11 Å². The Balaban J connectivity index is 1.80. The van der Waals surface area contributed by atoms with Gasteiger partial charge < -0.3 is 14.6 Å². The van der Waals surface area contributed by atoms with Crippen LogP contribution in [0.4, 0.5) is 0 Å². The summed E-state index contributed by atoms with van der Waals surface area (Å²) in [6, 6.07) is 15.7. The first-order valence-corrected chi connectivity index (χ1v) is 9.35. The van der Waals surface area contributed by atoms with Crippen molar-refractivity contribution in [3.63, 3.8) is 0 Å². The Labute approximate surface area is 162 Å². The zero-order valence-electron chi connectivity index (χ0n) is 15.1. The second-order valence-corrected chi connectivity index (χ2v) is 7.38. The summed E-state index contributed by atoms with van der Waals surface area (Å²) in [6.45, 7) is 0. The van der Waals surface area contributed by atoms with E-state index in [1.165, 1.54) is 10.9 Å². The van der Waals surface area contributed by atoms with E-state index in [4.69, 9.17) is 17.0 Å². The number of H-pyrrole nitrogens is 1. The van der Waals surface area contributed by atoms with Crippen LogP contribution in [0.2, 0.25) is 0 Å². The lowest BCUT2D eigenvalue weighted by Gasteiger charge is -2.37. The summed E-state index contributed by atoms with van der Waals surface area (Å²) in [5.41, 5.74) is 4.36. The number of thiocarbonyl (C=S) groups is 1. The third-order valence-corrected chi connectivity index (χ3v) is 6.17. The standard InChI is InChI=1S/C21H19N3O2S/c1-23-20(25)16-11-14-12-7-3-5-9-15(12)22-18(14)19(24(16)21(23)27)13-8-4-6-10-17(13)26-2/h3-10,16,19,22H,11H2,1-2H3. The number of amides is 1. The van der Waals surface area contributed by atoms with Crippen molar-refractivity contribution >= 4 is 34.1 Å². The molecule has 5 rings (SSSR count). The molecule has 136 valence electrons. The van der Waals surface area contributed by atoms with E-state index in [2.05, 4.69) is 22.0 Å². The van der Waals surface area contributed by atoms with E-state index in [1.807, 2.05) is 36.4 Å². The SMILES string of the molecule is COc1ccccc1C1c2[nH]c3ccccc3c2CC2C(=O)N(C)C(=S)N21. The van der Waals surface area contributed by atoms with E-state index < -0.39 is 0 Å². The minimum Gasteiger partial charge on any atom is -0.496 e. The van der Waals surface area contributed by atoms with Gasteiger partial charge in [-0.05, 0) is 29.9 Å². The number of para-hydroxylation sites is 2. The lowest BCUT2D eigenvalue weighted by molar-refractivity contribution is -0.127. The Kier molecular flexibility index (Phi) is 3.52. The van der Waals surface area contributed by atoms with Gasteiger partial charge in [-0.2, -0.15) is 0 Å². The molecule has 6 heteroatoms. The number of ether oxygens (including phenoxy) is 1. The third-order valence-electron chi connectivity index (χ3n) is 5.69. The van der Waals surface area contributed by atoms with Gasteiger partial charge in [0.1, 0.15) is 17.8 Å². The number of rotatable bonds is 2. The molecule has 2 atom stereocenters. The molecular formula is C21H19N3O2S. The van der Waals surface area contributed by atoms with Crippen molar-refractivity contribution in [3.05, 3.63) is 65.4 Å². The highest BCUT2D eigenvalue weighted by molar-refractivity contribution is 7.80. The zero-order valence-corrected chi connectivity index (χ0v) is 15.9. The third kappa shape index (κ3) is 2.16. The second kappa shape index (κ2) is 5.82. The maximum atomic E-state index is 12.9. The lowest BCUT2D eigenvalue weighted by atomic mass is 9.88. The summed E-state index contributed by atoms with van der Waals surface area (Å²) in [4.78, 5) is 20.2.